The van der Waals surface area contributed by atoms with E-state index in [9.17, 15) is 0 Å². The zero-order valence-electron chi connectivity index (χ0n) is 12.8. The monoisotopic (exact) mass is 410 g/mol. The Bertz CT molecular complexity index is 1210. The predicted molar refractivity (Wildman–Crippen MR) is 102 cm³/mol. The minimum Gasteiger partial charge on any atom is -0.338 e. The van der Waals surface area contributed by atoms with Gasteiger partial charge in [0.05, 0.1) is 0 Å². The molecule has 0 amide bonds. The van der Waals surface area contributed by atoms with Crippen LogP contribution in [0.4, 0.5) is 0 Å². The minimum absolute atomic E-state index is 0.498. The topological polar surface area (TPSA) is 71.8 Å². The van der Waals surface area contributed by atoms with Gasteiger partial charge in [-0.05, 0) is 23.8 Å². The number of thioether (sulfide) groups is 1. The van der Waals surface area contributed by atoms with Crippen LogP contribution in [0.3, 0.4) is 0 Å². The van der Waals surface area contributed by atoms with Crippen LogP contribution in [0, 0.1) is 0 Å². The number of fused-ring (bicyclic) bond motifs is 4. The molecule has 8 heteroatoms. The molecule has 5 rings (SSSR count). The Hall–Kier alpha value is -2.45. The minimum atomic E-state index is 0.498. The Morgan fingerprint density at radius 2 is 1.88 bits per heavy atom. The maximum atomic E-state index is 4.72. The van der Waals surface area contributed by atoms with Gasteiger partial charge in [-0.15, -0.1) is 10.2 Å². The van der Waals surface area contributed by atoms with Gasteiger partial charge in [-0.2, -0.15) is 14.6 Å². The first-order chi connectivity index (χ1) is 12.3. The summed E-state index contributed by atoms with van der Waals surface area (Å²) in [6.45, 7) is 0. The molecule has 0 atom stereocenters. The predicted octanol–water partition coefficient (Wildman–Crippen LogP) is 4.21. The van der Waals surface area contributed by atoms with Crippen LogP contribution in [0.25, 0.3) is 27.8 Å². The highest BCUT2D eigenvalue weighted by molar-refractivity contribution is 9.10. The van der Waals surface area contributed by atoms with Gasteiger partial charge in [0.2, 0.25) is 5.16 Å². The summed E-state index contributed by atoms with van der Waals surface area (Å²) < 4.78 is 2.79. The Kier molecular flexibility index (Phi) is 3.46. The second-order valence-electron chi connectivity index (χ2n) is 5.59. The smallest absolute Gasteiger partial charge is 0.274 e. The number of nitrogens with one attached hydrogen (secondary N) is 1. The van der Waals surface area contributed by atoms with Crippen LogP contribution < -0.4 is 0 Å². The average Bonchev–Trinajstić information content (AvgIpc) is 3.20. The largest absolute Gasteiger partial charge is 0.338 e. The second kappa shape index (κ2) is 5.82. The molecule has 3 aromatic heterocycles. The van der Waals surface area contributed by atoms with E-state index >= 15 is 0 Å². The van der Waals surface area contributed by atoms with Crippen molar-refractivity contribution in [1.82, 2.24) is 29.8 Å². The van der Waals surface area contributed by atoms with E-state index in [2.05, 4.69) is 48.2 Å². The van der Waals surface area contributed by atoms with Gasteiger partial charge in [0.25, 0.3) is 5.78 Å². The molecule has 3 heterocycles. The van der Waals surface area contributed by atoms with Gasteiger partial charge >= 0.3 is 0 Å². The van der Waals surface area contributed by atoms with E-state index in [0.717, 1.165) is 37.4 Å². The molecule has 0 saturated heterocycles. The van der Waals surface area contributed by atoms with Gasteiger partial charge in [-0.1, -0.05) is 58.0 Å². The van der Waals surface area contributed by atoms with Crippen molar-refractivity contribution < 1.29 is 0 Å². The number of aromatic nitrogens is 6. The molecule has 0 unspecified atom stereocenters. The molecular formula is C17H11BrN6S. The number of aromatic amines is 1. The summed E-state index contributed by atoms with van der Waals surface area (Å²) in [5.41, 5.74) is 3.79. The van der Waals surface area contributed by atoms with E-state index in [0.29, 0.717) is 5.78 Å². The van der Waals surface area contributed by atoms with Gasteiger partial charge in [0.15, 0.2) is 5.65 Å². The number of benzene rings is 2. The van der Waals surface area contributed by atoms with Gasteiger partial charge in [0.1, 0.15) is 5.52 Å². The third-order valence-electron chi connectivity index (χ3n) is 3.95. The van der Waals surface area contributed by atoms with Crippen molar-refractivity contribution in [1.29, 1.82) is 0 Å². The Morgan fingerprint density at radius 3 is 2.76 bits per heavy atom. The second-order valence-corrected chi connectivity index (χ2v) is 7.45. The summed E-state index contributed by atoms with van der Waals surface area (Å²) in [6, 6.07) is 16.3. The zero-order valence-corrected chi connectivity index (χ0v) is 15.3. The van der Waals surface area contributed by atoms with Gasteiger partial charge in [0, 0.05) is 21.1 Å². The number of hydrogen-bond donors (Lipinski definition) is 1. The lowest BCUT2D eigenvalue weighted by Crippen LogP contribution is -1.97. The maximum Gasteiger partial charge on any atom is 0.274 e. The molecule has 0 saturated carbocycles. The quantitative estimate of drug-likeness (QED) is 0.451. The van der Waals surface area contributed by atoms with Crippen molar-refractivity contribution >= 4 is 55.5 Å². The number of hydrogen-bond acceptors (Lipinski definition) is 5. The molecular weight excluding hydrogens is 400 g/mol. The lowest BCUT2D eigenvalue weighted by molar-refractivity contribution is 0.819. The van der Waals surface area contributed by atoms with Crippen LogP contribution in [0.1, 0.15) is 5.56 Å². The molecule has 0 aliphatic carbocycles. The van der Waals surface area contributed by atoms with E-state index in [-0.39, 0.29) is 0 Å². The molecule has 0 aliphatic rings. The van der Waals surface area contributed by atoms with Gasteiger partial charge in [-0.25, -0.2) is 0 Å². The van der Waals surface area contributed by atoms with Crippen LogP contribution >= 0.6 is 27.7 Å². The van der Waals surface area contributed by atoms with Crippen molar-refractivity contribution in [2.45, 2.75) is 10.9 Å². The highest BCUT2D eigenvalue weighted by Gasteiger charge is 2.13. The molecule has 6 nitrogen and oxygen atoms in total. The van der Waals surface area contributed by atoms with Gasteiger partial charge in [-0.3, -0.25) is 0 Å². The van der Waals surface area contributed by atoms with Crippen LogP contribution in [-0.4, -0.2) is 29.8 Å². The maximum absolute atomic E-state index is 4.72. The average molecular weight is 411 g/mol. The normalized spacial score (nSPS) is 11.7. The molecule has 0 bridgehead atoms. The molecule has 0 radical (unpaired) electrons. The summed E-state index contributed by atoms with van der Waals surface area (Å²) in [5, 5.41) is 14.9. The fraction of sp³-hybridized carbons (Fsp3) is 0.0588. The molecule has 1 N–H and O–H groups in total. The molecule has 0 aliphatic heterocycles. The number of rotatable bonds is 3. The molecule has 25 heavy (non-hydrogen) atoms. The Labute approximate surface area is 154 Å². The molecule has 2 aromatic carbocycles. The Balaban J connectivity index is 1.56. The number of nitrogens with zero attached hydrogens (tertiary/aromatic N) is 5. The zero-order chi connectivity index (χ0) is 16.8. The van der Waals surface area contributed by atoms with Crippen LogP contribution in [0.15, 0.2) is 58.2 Å². The molecule has 5 aromatic rings. The van der Waals surface area contributed by atoms with E-state index in [1.165, 1.54) is 5.56 Å². The third-order valence-corrected chi connectivity index (χ3v) is 5.47. The lowest BCUT2D eigenvalue weighted by Gasteiger charge is -2.00. The fourth-order valence-corrected chi connectivity index (χ4v) is 3.82. The first-order valence-corrected chi connectivity index (χ1v) is 9.43. The highest BCUT2D eigenvalue weighted by Crippen LogP contribution is 2.25. The van der Waals surface area contributed by atoms with Crippen LogP contribution in [-0.2, 0) is 5.75 Å². The van der Waals surface area contributed by atoms with Crippen LogP contribution in [0.5, 0.6) is 0 Å². The van der Waals surface area contributed by atoms with Crippen molar-refractivity contribution in [3.63, 3.8) is 0 Å². The van der Waals surface area contributed by atoms with Crippen molar-refractivity contribution in [3.8, 4) is 0 Å². The number of para-hydroxylation sites is 1. The molecule has 122 valence electrons. The van der Waals surface area contributed by atoms with Gasteiger partial charge < -0.3 is 4.98 Å². The summed E-state index contributed by atoms with van der Waals surface area (Å²) in [4.78, 5) is 7.83. The first-order valence-electron chi connectivity index (χ1n) is 7.65. The summed E-state index contributed by atoms with van der Waals surface area (Å²) in [5.74, 6) is 1.29. The summed E-state index contributed by atoms with van der Waals surface area (Å²) >= 11 is 5.05. The molecule has 0 spiro atoms. The van der Waals surface area contributed by atoms with Crippen molar-refractivity contribution in [3.05, 3.63) is 58.6 Å². The fourth-order valence-electron chi connectivity index (χ4n) is 2.73. The number of halogens is 1. The standard InChI is InChI=1S/C17H11BrN6S/c18-11-7-5-10(6-8-11)9-25-17-22-21-16-20-15-14(23-24(16)17)12-3-1-2-4-13(12)19-15/h1-8H,9H2,(H,19,20,21). The summed E-state index contributed by atoms with van der Waals surface area (Å²) in [6.07, 6.45) is 0. The SMILES string of the molecule is Brc1ccc(CSc2nnc3nc4[nH]c5ccccc5c4nn23)cc1. The van der Waals surface area contributed by atoms with Crippen LogP contribution in [0.2, 0.25) is 0 Å². The van der Waals surface area contributed by atoms with Crippen molar-refractivity contribution in [2.75, 3.05) is 0 Å². The Morgan fingerprint density at radius 1 is 1.04 bits per heavy atom. The van der Waals surface area contributed by atoms with E-state index in [1.807, 2.05) is 36.4 Å². The number of H-pyrrole nitrogens is 1. The first kappa shape index (κ1) is 14.9. The molecule has 0 fully saturated rings. The van der Waals surface area contributed by atoms with E-state index < -0.39 is 0 Å². The van der Waals surface area contributed by atoms with E-state index in [4.69, 9.17) is 5.10 Å². The third kappa shape index (κ3) is 2.58. The lowest BCUT2D eigenvalue weighted by atomic mass is 10.2. The summed E-state index contributed by atoms with van der Waals surface area (Å²) in [7, 11) is 0. The van der Waals surface area contributed by atoms with E-state index in [1.54, 1.807) is 16.3 Å². The van der Waals surface area contributed by atoms with Crippen molar-refractivity contribution in [2.24, 2.45) is 0 Å². The highest BCUT2D eigenvalue weighted by atomic mass is 79.9.